The van der Waals surface area contributed by atoms with Gasteiger partial charge in [0, 0.05) is 10.5 Å². The Labute approximate surface area is 139 Å². The summed E-state index contributed by atoms with van der Waals surface area (Å²) in [5, 5.41) is 5.84. The van der Waals surface area contributed by atoms with Gasteiger partial charge in [-0.1, -0.05) is 36.3 Å². The lowest BCUT2D eigenvalue weighted by molar-refractivity contribution is 0.415. The first-order valence-corrected chi connectivity index (χ1v) is 9.92. The quantitative estimate of drug-likeness (QED) is 0.584. The molecule has 2 heteroatoms. The summed E-state index contributed by atoms with van der Waals surface area (Å²) in [4.78, 5) is 1.32. The molecule has 116 valence electrons. The molecule has 0 saturated heterocycles. The van der Waals surface area contributed by atoms with Gasteiger partial charge in [-0.3, -0.25) is 0 Å². The molecule has 23 heavy (non-hydrogen) atoms. The Morgan fingerprint density at radius 2 is 1.52 bits per heavy atom. The third-order valence-electron chi connectivity index (χ3n) is 3.83. The highest BCUT2D eigenvalue weighted by atomic mass is 32.3. The smallest absolute Gasteiger partial charge is 0.119 e. The van der Waals surface area contributed by atoms with E-state index >= 15 is 0 Å². The maximum Gasteiger partial charge on any atom is 0.119 e. The molecule has 0 radical (unpaired) electrons. The molecule has 0 aliphatic heterocycles. The summed E-state index contributed by atoms with van der Waals surface area (Å²) in [5.74, 6) is 4.24. The molecule has 0 unspecified atom stereocenters. The van der Waals surface area contributed by atoms with Gasteiger partial charge in [0.15, 0.2) is 0 Å². The Morgan fingerprint density at radius 1 is 0.826 bits per heavy atom. The first kappa shape index (κ1) is 15.5. The fraction of sp³-hybridized carbons (Fsp3) is 0.143. The minimum Gasteiger partial charge on any atom is -0.497 e. The molecule has 0 fully saturated rings. The second kappa shape index (κ2) is 6.40. The summed E-state index contributed by atoms with van der Waals surface area (Å²) >= 11 is 0. The van der Waals surface area contributed by atoms with E-state index in [0.29, 0.717) is 0 Å². The third-order valence-corrected chi connectivity index (χ3v) is 5.89. The molecule has 3 rings (SSSR count). The minimum absolute atomic E-state index is 0.881. The van der Waals surface area contributed by atoms with E-state index < -0.39 is 10.0 Å². The lowest BCUT2D eigenvalue weighted by atomic mass is 10.1. The molecule has 0 N–H and O–H groups in total. The highest BCUT2D eigenvalue weighted by Gasteiger charge is 2.10. The maximum absolute atomic E-state index is 5.27. The van der Waals surface area contributed by atoms with Crippen molar-refractivity contribution in [3.05, 3.63) is 72.3 Å². The second-order valence-electron chi connectivity index (χ2n) is 5.79. The van der Waals surface area contributed by atoms with Crippen molar-refractivity contribution in [2.75, 3.05) is 19.6 Å². The lowest BCUT2D eigenvalue weighted by Gasteiger charge is -2.24. The minimum atomic E-state index is -1.10. The Bertz CT molecular complexity index is 886. The van der Waals surface area contributed by atoms with Crippen LogP contribution in [0.3, 0.4) is 0 Å². The van der Waals surface area contributed by atoms with Crippen LogP contribution in [-0.4, -0.2) is 19.6 Å². The van der Waals surface area contributed by atoms with E-state index in [1.165, 1.54) is 15.7 Å². The molecule has 0 bridgehead atoms. The van der Waals surface area contributed by atoms with Crippen LogP contribution in [0.1, 0.15) is 5.56 Å². The van der Waals surface area contributed by atoms with Crippen LogP contribution >= 0.6 is 10.0 Å². The van der Waals surface area contributed by atoms with E-state index in [4.69, 9.17) is 4.74 Å². The van der Waals surface area contributed by atoms with Gasteiger partial charge in [0.25, 0.3) is 0 Å². The van der Waals surface area contributed by atoms with Gasteiger partial charge in [0.1, 0.15) is 5.75 Å². The SMILES string of the molecule is COc1ccc2cc(C#CS(C)(C)c3ccccc3)ccc2c1. The number of fused-ring (bicyclic) bond motifs is 1. The highest BCUT2D eigenvalue weighted by Crippen LogP contribution is 2.47. The number of methoxy groups -OCH3 is 1. The molecular formula is C21H20OS. The molecular weight excluding hydrogens is 300 g/mol. The molecule has 3 aromatic rings. The monoisotopic (exact) mass is 320 g/mol. The Kier molecular flexibility index (Phi) is 4.32. The topological polar surface area (TPSA) is 9.23 Å². The number of hydrogen-bond acceptors (Lipinski definition) is 1. The molecule has 0 aliphatic rings. The number of ether oxygens (including phenoxy) is 1. The lowest BCUT2D eigenvalue weighted by Crippen LogP contribution is -1.92. The largest absolute Gasteiger partial charge is 0.497 e. The zero-order valence-electron chi connectivity index (χ0n) is 13.7. The van der Waals surface area contributed by atoms with E-state index in [1.54, 1.807) is 7.11 Å². The molecule has 0 amide bonds. The predicted octanol–water partition coefficient (Wildman–Crippen LogP) is 5.28. The van der Waals surface area contributed by atoms with Crippen molar-refractivity contribution in [3.8, 4) is 16.9 Å². The Morgan fingerprint density at radius 3 is 2.26 bits per heavy atom. The van der Waals surface area contributed by atoms with Gasteiger partial charge in [-0.2, -0.15) is 10.0 Å². The highest BCUT2D eigenvalue weighted by molar-refractivity contribution is 8.36. The van der Waals surface area contributed by atoms with Crippen LogP contribution in [0.4, 0.5) is 0 Å². The molecule has 0 saturated carbocycles. The van der Waals surface area contributed by atoms with Crippen LogP contribution in [0.5, 0.6) is 5.75 Å². The number of benzene rings is 3. The molecule has 3 aromatic carbocycles. The number of rotatable bonds is 2. The van der Waals surface area contributed by atoms with Crippen LogP contribution in [0.15, 0.2) is 71.6 Å². The first-order chi connectivity index (χ1) is 11.1. The van der Waals surface area contributed by atoms with Crippen molar-refractivity contribution < 1.29 is 4.74 Å². The van der Waals surface area contributed by atoms with Crippen LogP contribution in [0, 0.1) is 11.2 Å². The summed E-state index contributed by atoms with van der Waals surface area (Å²) in [6, 6.07) is 23.0. The summed E-state index contributed by atoms with van der Waals surface area (Å²) in [5.41, 5.74) is 1.05. The predicted molar refractivity (Wildman–Crippen MR) is 102 cm³/mol. The van der Waals surface area contributed by atoms with Gasteiger partial charge >= 0.3 is 0 Å². The van der Waals surface area contributed by atoms with Crippen molar-refractivity contribution in [2.24, 2.45) is 0 Å². The fourth-order valence-corrected chi connectivity index (χ4v) is 3.76. The average Bonchev–Trinajstić information content (AvgIpc) is 2.60. The second-order valence-corrected chi connectivity index (χ2v) is 9.12. The Balaban J connectivity index is 1.93. The maximum atomic E-state index is 5.27. The van der Waals surface area contributed by atoms with Gasteiger partial charge in [0.2, 0.25) is 0 Å². The normalized spacial score (nSPS) is 11.6. The fourth-order valence-electron chi connectivity index (χ4n) is 2.43. The van der Waals surface area contributed by atoms with E-state index in [-0.39, 0.29) is 0 Å². The van der Waals surface area contributed by atoms with Gasteiger partial charge in [-0.15, -0.1) is 0 Å². The number of hydrogen-bond donors (Lipinski definition) is 0. The van der Waals surface area contributed by atoms with E-state index in [2.05, 4.69) is 72.2 Å². The van der Waals surface area contributed by atoms with Gasteiger partial charge < -0.3 is 4.74 Å². The van der Waals surface area contributed by atoms with Crippen molar-refractivity contribution in [2.45, 2.75) is 4.90 Å². The van der Waals surface area contributed by atoms with Crippen LogP contribution in [0.2, 0.25) is 0 Å². The van der Waals surface area contributed by atoms with Gasteiger partial charge in [-0.25, -0.2) is 0 Å². The molecule has 0 spiro atoms. The van der Waals surface area contributed by atoms with Crippen molar-refractivity contribution >= 4 is 20.8 Å². The van der Waals surface area contributed by atoms with Crippen molar-refractivity contribution in [1.82, 2.24) is 0 Å². The van der Waals surface area contributed by atoms with Crippen LogP contribution in [-0.2, 0) is 0 Å². The third kappa shape index (κ3) is 3.52. The van der Waals surface area contributed by atoms with Gasteiger partial charge in [0.05, 0.1) is 7.11 Å². The van der Waals surface area contributed by atoms with E-state index in [9.17, 15) is 0 Å². The molecule has 0 aromatic heterocycles. The summed E-state index contributed by atoms with van der Waals surface area (Å²) in [6.45, 7) is 0. The summed E-state index contributed by atoms with van der Waals surface area (Å²) in [6.07, 6.45) is 4.47. The first-order valence-electron chi connectivity index (χ1n) is 7.47. The molecule has 0 heterocycles. The zero-order chi connectivity index (χ0) is 16.3. The molecule has 1 nitrogen and oxygen atoms in total. The van der Waals surface area contributed by atoms with Crippen LogP contribution in [0.25, 0.3) is 10.8 Å². The van der Waals surface area contributed by atoms with Crippen LogP contribution < -0.4 is 4.74 Å². The van der Waals surface area contributed by atoms with Gasteiger partial charge in [-0.05, 0) is 64.9 Å². The average molecular weight is 320 g/mol. The molecule has 0 aliphatic carbocycles. The van der Waals surface area contributed by atoms with Crippen molar-refractivity contribution in [1.29, 1.82) is 0 Å². The Hall–Kier alpha value is -2.37. The molecule has 0 atom stereocenters. The summed E-state index contributed by atoms with van der Waals surface area (Å²) < 4.78 is 5.27. The standard InChI is InChI=1S/C21H20OS/c1-22-20-12-11-18-15-17(9-10-19(18)16-20)13-14-23(2,3)21-7-5-4-6-8-21/h4-12,15-16H,1-3H3. The van der Waals surface area contributed by atoms with E-state index in [0.717, 1.165) is 11.3 Å². The van der Waals surface area contributed by atoms with Crippen molar-refractivity contribution in [3.63, 3.8) is 0 Å². The van der Waals surface area contributed by atoms with E-state index in [1.807, 2.05) is 18.2 Å². The zero-order valence-corrected chi connectivity index (χ0v) is 14.5. The summed E-state index contributed by atoms with van der Waals surface area (Å²) in [7, 11) is 0.586.